The molecule has 1 saturated carbocycles. The van der Waals surface area contributed by atoms with Gasteiger partial charge < -0.3 is 44.3 Å². The van der Waals surface area contributed by atoms with Crippen molar-refractivity contribution in [1.29, 1.82) is 0 Å². The number of Topliss-reactive ketones (excluding diaryl/α,β-unsaturated/α-hetero) is 3. The molecule has 0 aromatic rings. The van der Waals surface area contributed by atoms with Crippen molar-refractivity contribution in [1.82, 2.24) is 4.90 Å². The fraction of sp³-hybridized carbons (Fsp3) is 0.720. The van der Waals surface area contributed by atoms with Crippen molar-refractivity contribution in [3.63, 3.8) is 0 Å². The van der Waals surface area contributed by atoms with Crippen LogP contribution >= 0.6 is 0 Å². The molecule has 3 aliphatic rings. The Morgan fingerprint density at radius 2 is 1.60 bits per heavy atom. The third-order valence-corrected chi connectivity index (χ3v) is 13.4. The standard InChI is InChI=1S/C50H77NO14/c1-31(15-10-9-11-16-32(2)29-52)23-33(3)40(54)27-41(55)34(4)24-35(5)42(56)28-44(36(6)25-38-19-20-43(45(26-38)62-8)64-46(57)30-53)65-49(60)39-18-12-13-21-51(39)48(59)47(58)50(61)37(7)17-14-22-63-50/h9-11,15-16,24,31,33,35-39,41,43-45,52-53,55,61H,12-14,17-23,25-30H2,1-8H3/b11-9+,15-10+,32-16+,34-24+/t31-,33-,35-,36-,37-,38+,39+,41+,43?,44?,45-,50-/m1/s1. The number of carbonyl (C=O) groups excluding carboxylic acids is 6. The third kappa shape index (κ3) is 16.8. The molecule has 1 aliphatic carbocycles. The molecular weight excluding hydrogens is 839 g/mol. The number of rotatable bonds is 24. The first-order valence-electron chi connectivity index (χ1n) is 23.5. The average molecular weight is 916 g/mol. The number of nitrogens with zero attached hydrogens (tertiary/aromatic N) is 1. The number of aliphatic hydroxyl groups is 4. The second kappa shape index (κ2) is 27.1. The summed E-state index contributed by atoms with van der Waals surface area (Å²) in [5, 5.41) is 40.6. The van der Waals surface area contributed by atoms with Gasteiger partial charge in [0.25, 0.3) is 11.7 Å². The quantitative estimate of drug-likeness (QED) is 0.0418. The summed E-state index contributed by atoms with van der Waals surface area (Å²) in [6.45, 7) is 12.0. The fourth-order valence-electron chi connectivity index (χ4n) is 9.09. The number of aliphatic hydroxyl groups excluding tert-OH is 3. The Hall–Kier alpha value is -3.86. The first-order chi connectivity index (χ1) is 30.7. The Morgan fingerprint density at radius 3 is 2.26 bits per heavy atom. The number of ketones is 3. The van der Waals surface area contributed by atoms with Crippen LogP contribution in [0.25, 0.3) is 0 Å². The van der Waals surface area contributed by atoms with Crippen LogP contribution in [-0.4, -0.2) is 130 Å². The van der Waals surface area contributed by atoms with Crippen LogP contribution in [0.1, 0.15) is 126 Å². The van der Waals surface area contributed by atoms with Crippen molar-refractivity contribution in [2.45, 2.75) is 162 Å². The number of hydrogen-bond acceptors (Lipinski definition) is 14. The van der Waals surface area contributed by atoms with Gasteiger partial charge in [0, 0.05) is 44.2 Å². The number of hydrogen-bond donors (Lipinski definition) is 4. The molecule has 3 rings (SSSR count). The normalized spacial score (nSPS) is 27.4. The first kappa shape index (κ1) is 55.5. The molecule has 15 heteroatoms. The predicted octanol–water partition coefficient (Wildman–Crippen LogP) is 5.30. The largest absolute Gasteiger partial charge is 0.460 e. The molecule has 0 spiro atoms. The third-order valence-electron chi connectivity index (χ3n) is 13.4. The molecule has 0 bridgehead atoms. The van der Waals surface area contributed by atoms with E-state index in [9.17, 15) is 44.1 Å². The number of carbonyl (C=O) groups is 6. The van der Waals surface area contributed by atoms with E-state index in [0.717, 1.165) is 10.5 Å². The van der Waals surface area contributed by atoms with E-state index in [1.807, 2.05) is 58.1 Å². The lowest BCUT2D eigenvalue weighted by Gasteiger charge is -2.40. The van der Waals surface area contributed by atoms with Crippen molar-refractivity contribution in [3.05, 3.63) is 47.6 Å². The van der Waals surface area contributed by atoms with Crippen molar-refractivity contribution >= 4 is 35.2 Å². The minimum atomic E-state index is -2.30. The maximum absolute atomic E-state index is 14.2. The van der Waals surface area contributed by atoms with Crippen molar-refractivity contribution < 1.29 is 68.1 Å². The summed E-state index contributed by atoms with van der Waals surface area (Å²) in [7, 11) is 1.52. The highest BCUT2D eigenvalue weighted by Gasteiger charge is 2.51. The molecule has 2 saturated heterocycles. The SMILES string of the molecule is CO[C@@H]1C[C@H](C[C@@H](C)C(CC(=O)[C@H](C)/C=C(\C)[C@@H](O)CC(=O)[C@H](C)C[C@H](C)/C=C/C=C/C=C(\C)CO)OC(=O)[C@@H]2CCCCN2C(=O)C(=O)[C@]2(O)OCCC[C@H]2C)CCC1OC(=O)CO. The van der Waals surface area contributed by atoms with Gasteiger partial charge in [-0.2, -0.15) is 0 Å². The van der Waals surface area contributed by atoms with Crippen LogP contribution in [0.3, 0.4) is 0 Å². The maximum Gasteiger partial charge on any atom is 0.332 e. The predicted molar refractivity (Wildman–Crippen MR) is 243 cm³/mol. The van der Waals surface area contributed by atoms with E-state index in [1.54, 1.807) is 26.8 Å². The van der Waals surface area contributed by atoms with Crippen LogP contribution < -0.4 is 0 Å². The molecule has 0 radical (unpaired) electrons. The Morgan fingerprint density at radius 1 is 0.877 bits per heavy atom. The molecule has 0 aromatic carbocycles. The number of piperidine rings is 1. The minimum absolute atomic E-state index is 0.00726. The van der Waals surface area contributed by atoms with Gasteiger partial charge in [0.05, 0.1) is 25.4 Å². The second-order valence-corrected chi connectivity index (χ2v) is 18.9. The van der Waals surface area contributed by atoms with E-state index in [1.165, 1.54) is 7.11 Å². The number of likely N-dealkylation sites (tertiary alicyclic amines) is 1. The summed E-state index contributed by atoms with van der Waals surface area (Å²) in [6, 6.07) is -1.13. The molecular formula is C50H77NO14. The first-order valence-corrected chi connectivity index (χ1v) is 23.5. The maximum atomic E-state index is 14.2. The van der Waals surface area contributed by atoms with E-state index in [2.05, 4.69) is 0 Å². The number of allylic oxidation sites excluding steroid dienone is 6. The molecule has 366 valence electrons. The van der Waals surface area contributed by atoms with Crippen molar-refractivity contribution in [2.75, 3.05) is 33.5 Å². The van der Waals surface area contributed by atoms with Gasteiger partial charge in [-0.3, -0.25) is 19.2 Å². The molecule has 12 atom stereocenters. The van der Waals surface area contributed by atoms with Crippen LogP contribution in [-0.2, 0) is 47.7 Å². The van der Waals surface area contributed by atoms with Crippen LogP contribution in [0.5, 0.6) is 0 Å². The summed E-state index contributed by atoms with van der Waals surface area (Å²) in [5.41, 5.74) is 1.30. The zero-order chi connectivity index (χ0) is 48.4. The zero-order valence-electron chi connectivity index (χ0n) is 39.9. The van der Waals surface area contributed by atoms with E-state index in [-0.39, 0.29) is 74.3 Å². The molecule has 2 unspecified atom stereocenters. The van der Waals surface area contributed by atoms with Crippen molar-refractivity contribution in [2.24, 2.45) is 35.5 Å². The van der Waals surface area contributed by atoms with E-state index >= 15 is 0 Å². The van der Waals surface area contributed by atoms with Gasteiger partial charge in [0.1, 0.15) is 36.4 Å². The van der Waals surface area contributed by atoms with Crippen LogP contribution in [0.15, 0.2) is 47.6 Å². The van der Waals surface area contributed by atoms with E-state index < -0.39 is 78.3 Å². The molecule has 0 aromatic heterocycles. The smallest absolute Gasteiger partial charge is 0.332 e. The Bertz CT molecular complexity index is 1740. The van der Waals surface area contributed by atoms with Gasteiger partial charge in [-0.25, -0.2) is 9.59 Å². The minimum Gasteiger partial charge on any atom is -0.460 e. The van der Waals surface area contributed by atoms with Gasteiger partial charge in [-0.15, -0.1) is 0 Å². The molecule has 2 heterocycles. The number of esters is 2. The summed E-state index contributed by atoms with van der Waals surface area (Å²) in [6.07, 6.45) is 12.9. The average Bonchev–Trinajstić information content (AvgIpc) is 3.28. The second-order valence-electron chi connectivity index (χ2n) is 18.9. The van der Waals surface area contributed by atoms with Gasteiger partial charge in [0.15, 0.2) is 0 Å². The zero-order valence-corrected chi connectivity index (χ0v) is 39.9. The number of amides is 1. The van der Waals surface area contributed by atoms with Gasteiger partial charge in [-0.05, 0) is 107 Å². The number of ether oxygens (including phenoxy) is 4. The van der Waals surface area contributed by atoms with E-state index in [0.29, 0.717) is 63.4 Å². The summed E-state index contributed by atoms with van der Waals surface area (Å²) >= 11 is 0. The lowest BCUT2D eigenvalue weighted by atomic mass is 9.78. The highest BCUT2D eigenvalue weighted by atomic mass is 16.6. The van der Waals surface area contributed by atoms with Gasteiger partial charge >= 0.3 is 11.9 Å². The Kier molecular flexibility index (Phi) is 23.1. The monoisotopic (exact) mass is 916 g/mol. The molecule has 3 fully saturated rings. The molecule has 4 N–H and O–H groups in total. The summed E-state index contributed by atoms with van der Waals surface area (Å²) in [4.78, 5) is 81.6. The lowest BCUT2D eigenvalue weighted by molar-refractivity contribution is -0.241. The Balaban J connectivity index is 1.76. The molecule has 2 aliphatic heterocycles. The topological polar surface area (TPSA) is 223 Å². The highest BCUT2D eigenvalue weighted by molar-refractivity contribution is 6.39. The number of methoxy groups -OCH3 is 1. The van der Waals surface area contributed by atoms with Crippen molar-refractivity contribution in [3.8, 4) is 0 Å². The lowest BCUT2D eigenvalue weighted by Crippen LogP contribution is -2.59. The summed E-state index contributed by atoms with van der Waals surface area (Å²) < 4.78 is 22.7. The van der Waals surface area contributed by atoms with Gasteiger partial charge in [-0.1, -0.05) is 71.1 Å². The summed E-state index contributed by atoms with van der Waals surface area (Å²) in [5.74, 6) is -8.24. The Labute approximate surface area is 385 Å². The molecule has 15 nitrogen and oxygen atoms in total. The van der Waals surface area contributed by atoms with Crippen LogP contribution in [0.2, 0.25) is 0 Å². The van der Waals surface area contributed by atoms with Crippen LogP contribution in [0.4, 0.5) is 0 Å². The van der Waals surface area contributed by atoms with Crippen LogP contribution in [0, 0.1) is 35.5 Å². The molecule has 1 amide bonds. The van der Waals surface area contributed by atoms with E-state index in [4.69, 9.17) is 24.1 Å². The molecule has 65 heavy (non-hydrogen) atoms. The highest BCUT2D eigenvalue weighted by Crippen LogP contribution is 2.36. The fourth-order valence-corrected chi connectivity index (χ4v) is 9.09. The van der Waals surface area contributed by atoms with Gasteiger partial charge in [0.2, 0.25) is 5.79 Å².